The van der Waals surface area contributed by atoms with E-state index in [2.05, 4.69) is 32.7 Å². The van der Waals surface area contributed by atoms with Gasteiger partial charge in [-0.2, -0.15) is 0 Å². The first kappa shape index (κ1) is 7.77. The molecule has 0 amide bonds. The smallest absolute Gasteiger partial charge is 0.0426 e. The Labute approximate surface area is 78.9 Å². The minimum Gasteiger partial charge on any atom is -0.309 e. The van der Waals surface area contributed by atoms with Crippen LogP contribution in [0.1, 0.15) is 23.8 Å². The largest absolute Gasteiger partial charge is 0.309 e. The van der Waals surface area contributed by atoms with Gasteiger partial charge in [0.15, 0.2) is 0 Å². The summed E-state index contributed by atoms with van der Waals surface area (Å²) >= 11 is 5.38. The van der Waals surface area contributed by atoms with Crippen molar-refractivity contribution < 1.29 is 0 Å². The molecule has 1 aromatic heterocycles. The highest BCUT2D eigenvalue weighted by molar-refractivity contribution is 9.10. The topological polar surface area (TPSA) is 12.0 Å². The van der Waals surface area contributed by atoms with Gasteiger partial charge in [-0.1, -0.05) is 0 Å². The molecule has 0 saturated carbocycles. The average molecular weight is 232 g/mol. The van der Waals surface area contributed by atoms with Gasteiger partial charge in [-0.15, -0.1) is 11.3 Å². The molecule has 2 rings (SSSR count). The normalized spacial score (nSPS) is 24.3. The Hall–Kier alpha value is 0.140. The fraction of sp³-hybridized carbons (Fsp3) is 0.500. The summed E-state index contributed by atoms with van der Waals surface area (Å²) in [5.74, 6) is 0. The predicted octanol–water partition coefficient (Wildman–Crippen LogP) is 2.94. The fourth-order valence-electron chi connectivity index (χ4n) is 1.46. The molecule has 60 valence electrons. The molecule has 0 bridgehead atoms. The third kappa shape index (κ3) is 1.50. The lowest BCUT2D eigenvalue weighted by molar-refractivity contribution is 0.657. The van der Waals surface area contributed by atoms with Crippen LogP contribution in [-0.4, -0.2) is 6.54 Å². The molecule has 3 heteroatoms. The van der Waals surface area contributed by atoms with Gasteiger partial charge in [0, 0.05) is 15.4 Å². The Balaban J connectivity index is 2.21. The van der Waals surface area contributed by atoms with Gasteiger partial charge in [0.2, 0.25) is 0 Å². The summed E-state index contributed by atoms with van der Waals surface area (Å²) in [5.41, 5.74) is 0. The van der Waals surface area contributed by atoms with E-state index in [1.54, 1.807) is 0 Å². The molecule has 1 aliphatic heterocycles. The van der Waals surface area contributed by atoms with Crippen molar-refractivity contribution in [1.82, 2.24) is 5.32 Å². The minimum atomic E-state index is 0.615. The lowest BCUT2D eigenvalue weighted by atomic mass is 10.2. The Bertz CT molecular complexity index is 240. The molecule has 1 N–H and O–H groups in total. The van der Waals surface area contributed by atoms with Crippen LogP contribution in [0.25, 0.3) is 0 Å². The van der Waals surface area contributed by atoms with Gasteiger partial charge in [0.25, 0.3) is 0 Å². The van der Waals surface area contributed by atoms with Gasteiger partial charge in [-0.25, -0.2) is 0 Å². The minimum absolute atomic E-state index is 0.615. The molecule has 0 aromatic carbocycles. The number of thiophene rings is 1. The van der Waals surface area contributed by atoms with Crippen molar-refractivity contribution in [3.63, 3.8) is 0 Å². The number of halogens is 1. The van der Waals surface area contributed by atoms with Crippen molar-refractivity contribution in [3.05, 3.63) is 20.8 Å². The Kier molecular flexibility index (Phi) is 2.30. The van der Waals surface area contributed by atoms with Crippen LogP contribution in [-0.2, 0) is 0 Å². The summed E-state index contributed by atoms with van der Waals surface area (Å²) in [6, 6.07) is 2.74. The molecule has 0 radical (unpaired) electrons. The van der Waals surface area contributed by atoms with Crippen molar-refractivity contribution in [3.8, 4) is 0 Å². The summed E-state index contributed by atoms with van der Waals surface area (Å²) in [7, 11) is 0. The summed E-state index contributed by atoms with van der Waals surface area (Å²) in [4.78, 5) is 1.46. The van der Waals surface area contributed by atoms with Gasteiger partial charge in [-0.05, 0) is 46.8 Å². The first-order chi connectivity index (χ1) is 5.38. The van der Waals surface area contributed by atoms with Crippen molar-refractivity contribution in [1.29, 1.82) is 0 Å². The Morgan fingerprint density at radius 3 is 3.09 bits per heavy atom. The van der Waals surface area contributed by atoms with Crippen LogP contribution in [0, 0.1) is 0 Å². The first-order valence-corrected chi connectivity index (χ1v) is 5.51. The van der Waals surface area contributed by atoms with Crippen LogP contribution in [0.4, 0.5) is 0 Å². The lowest BCUT2D eigenvalue weighted by Gasteiger charge is -2.07. The van der Waals surface area contributed by atoms with Crippen LogP contribution in [0.2, 0.25) is 0 Å². The van der Waals surface area contributed by atoms with Gasteiger partial charge in [0.05, 0.1) is 0 Å². The number of rotatable bonds is 1. The van der Waals surface area contributed by atoms with Gasteiger partial charge in [-0.3, -0.25) is 0 Å². The molecule has 1 fully saturated rings. The maximum absolute atomic E-state index is 3.55. The second kappa shape index (κ2) is 3.25. The number of nitrogens with one attached hydrogen (secondary N) is 1. The van der Waals surface area contributed by atoms with Crippen molar-refractivity contribution in [2.24, 2.45) is 0 Å². The fourth-order valence-corrected chi connectivity index (χ4v) is 3.22. The van der Waals surface area contributed by atoms with Crippen molar-refractivity contribution in [2.45, 2.75) is 18.9 Å². The maximum atomic E-state index is 3.55. The van der Waals surface area contributed by atoms with Crippen LogP contribution >= 0.6 is 27.3 Å². The van der Waals surface area contributed by atoms with E-state index in [1.807, 2.05) is 11.3 Å². The van der Waals surface area contributed by atoms with Gasteiger partial charge >= 0.3 is 0 Å². The molecular formula is C8H10BrNS. The quantitative estimate of drug-likeness (QED) is 0.784. The Morgan fingerprint density at radius 1 is 1.64 bits per heavy atom. The van der Waals surface area contributed by atoms with E-state index in [0.717, 1.165) is 0 Å². The van der Waals surface area contributed by atoms with Crippen LogP contribution in [0.15, 0.2) is 15.9 Å². The van der Waals surface area contributed by atoms with Crippen molar-refractivity contribution >= 4 is 27.3 Å². The molecule has 1 atom stereocenters. The molecule has 0 spiro atoms. The lowest BCUT2D eigenvalue weighted by Crippen LogP contribution is -2.11. The van der Waals surface area contributed by atoms with E-state index in [1.165, 1.54) is 28.7 Å². The van der Waals surface area contributed by atoms with E-state index in [9.17, 15) is 0 Å². The van der Waals surface area contributed by atoms with E-state index in [-0.39, 0.29) is 0 Å². The van der Waals surface area contributed by atoms with Gasteiger partial charge < -0.3 is 5.32 Å². The van der Waals surface area contributed by atoms with E-state index in [0.29, 0.717) is 6.04 Å². The molecule has 11 heavy (non-hydrogen) atoms. The molecule has 0 aliphatic carbocycles. The highest BCUT2D eigenvalue weighted by Crippen LogP contribution is 2.33. The standard InChI is InChI=1S/C8H10BrNS/c9-6-3-5-11-8(6)7-2-1-4-10-7/h3,5,7,10H,1-2,4H2/t7-/m1/s1. The molecule has 1 aromatic rings. The van der Waals surface area contributed by atoms with Crippen LogP contribution < -0.4 is 5.32 Å². The van der Waals surface area contributed by atoms with E-state index >= 15 is 0 Å². The molecule has 2 heterocycles. The zero-order chi connectivity index (χ0) is 7.68. The third-order valence-electron chi connectivity index (χ3n) is 2.02. The van der Waals surface area contributed by atoms with Crippen molar-refractivity contribution in [2.75, 3.05) is 6.54 Å². The first-order valence-electron chi connectivity index (χ1n) is 3.84. The zero-order valence-corrected chi connectivity index (χ0v) is 8.54. The highest BCUT2D eigenvalue weighted by Gasteiger charge is 2.18. The second-order valence-electron chi connectivity index (χ2n) is 2.78. The predicted molar refractivity (Wildman–Crippen MR) is 52.0 cm³/mol. The average Bonchev–Trinajstić information content (AvgIpc) is 2.55. The Morgan fingerprint density at radius 2 is 2.55 bits per heavy atom. The molecule has 1 nitrogen and oxygen atoms in total. The molecular weight excluding hydrogens is 222 g/mol. The SMILES string of the molecule is Brc1ccsc1[C@H]1CCCN1. The summed E-state index contributed by atoms with van der Waals surface area (Å²) in [6.07, 6.45) is 2.61. The molecule has 1 aliphatic rings. The van der Waals surface area contributed by atoms with Gasteiger partial charge in [0.1, 0.15) is 0 Å². The van der Waals surface area contributed by atoms with E-state index < -0.39 is 0 Å². The second-order valence-corrected chi connectivity index (χ2v) is 4.58. The zero-order valence-electron chi connectivity index (χ0n) is 6.14. The summed E-state index contributed by atoms with van der Waals surface area (Å²) in [5, 5.41) is 5.62. The monoisotopic (exact) mass is 231 g/mol. The highest BCUT2D eigenvalue weighted by atomic mass is 79.9. The third-order valence-corrected chi connectivity index (χ3v) is 4.01. The number of hydrogen-bond acceptors (Lipinski definition) is 2. The number of hydrogen-bond donors (Lipinski definition) is 1. The van der Waals surface area contributed by atoms with Crippen LogP contribution in [0.3, 0.4) is 0 Å². The van der Waals surface area contributed by atoms with E-state index in [4.69, 9.17) is 0 Å². The summed E-state index contributed by atoms with van der Waals surface area (Å²) < 4.78 is 1.27. The maximum Gasteiger partial charge on any atom is 0.0426 e. The molecule has 0 unspecified atom stereocenters. The van der Waals surface area contributed by atoms with Crippen LogP contribution in [0.5, 0.6) is 0 Å². The summed E-state index contributed by atoms with van der Waals surface area (Å²) in [6.45, 7) is 1.18. The molecule has 1 saturated heterocycles.